The van der Waals surface area contributed by atoms with Crippen LogP contribution in [-0.4, -0.2) is 60.6 Å². The number of morpholine rings is 1. The monoisotopic (exact) mass is 474 g/mol. The molecular weight excluding hydrogens is 440 g/mol. The van der Waals surface area contributed by atoms with Crippen molar-refractivity contribution in [2.45, 2.75) is 45.8 Å². The van der Waals surface area contributed by atoms with Crippen LogP contribution in [-0.2, 0) is 4.74 Å². The zero-order valence-corrected chi connectivity index (χ0v) is 20.8. The fraction of sp³-hybridized carbons (Fsp3) is 0.448. The largest absolute Gasteiger partial charge is 0.455 e. The van der Waals surface area contributed by atoms with Gasteiger partial charge in [0.05, 0.1) is 23.2 Å². The molecule has 0 N–H and O–H groups in total. The normalized spacial score (nSPS) is 22.0. The molecule has 0 radical (unpaired) electrons. The van der Waals surface area contributed by atoms with Crippen molar-refractivity contribution in [2.75, 3.05) is 32.7 Å². The van der Waals surface area contributed by atoms with E-state index in [0.29, 0.717) is 33.8 Å². The Hall–Kier alpha value is -2.96. The van der Waals surface area contributed by atoms with Crippen molar-refractivity contribution >= 4 is 16.9 Å². The molecule has 2 saturated heterocycles. The lowest BCUT2D eigenvalue weighted by Gasteiger charge is -2.39. The van der Waals surface area contributed by atoms with E-state index in [1.807, 2.05) is 35.2 Å². The molecule has 0 saturated carbocycles. The highest BCUT2D eigenvalue weighted by atomic mass is 16.5. The first-order valence-corrected chi connectivity index (χ1v) is 12.7. The van der Waals surface area contributed by atoms with Crippen molar-refractivity contribution in [3.63, 3.8) is 0 Å². The minimum Gasteiger partial charge on any atom is -0.455 e. The lowest BCUT2D eigenvalue weighted by Crippen LogP contribution is -2.48. The van der Waals surface area contributed by atoms with Crippen LogP contribution < -0.4 is 5.43 Å². The summed E-state index contributed by atoms with van der Waals surface area (Å²) in [5.41, 5.74) is 2.14. The number of likely N-dealkylation sites (tertiary alicyclic amines) is 1. The molecule has 2 fully saturated rings. The lowest BCUT2D eigenvalue weighted by atomic mass is 9.95. The van der Waals surface area contributed by atoms with Crippen LogP contribution in [0.3, 0.4) is 0 Å². The molecule has 6 nitrogen and oxygen atoms in total. The fourth-order valence-electron chi connectivity index (χ4n) is 5.63. The summed E-state index contributed by atoms with van der Waals surface area (Å²) in [7, 11) is 0. The number of amides is 1. The van der Waals surface area contributed by atoms with Gasteiger partial charge in [0, 0.05) is 43.9 Å². The van der Waals surface area contributed by atoms with Crippen molar-refractivity contribution < 1.29 is 13.9 Å². The molecule has 35 heavy (non-hydrogen) atoms. The van der Waals surface area contributed by atoms with Crippen LogP contribution in [0.1, 0.15) is 42.6 Å². The first-order valence-electron chi connectivity index (χ1n) is 12.7. The molecule has 184 valence electrons. The highest BCUT2D eigenvalue weighted by Gasteiger charge is 2.29. The molecule has 3 heterocycles. The SMILES string of the molecule is Cc1c(-c2ccccc2)oc2c(C(=O)N3CCC(CN4CC(C)OC(C)C4)CC3)cccc2c1=O. The maximum Gasteiger partial charge on any atom is 0.257 e. The number of carbonyl (C=O) groups excluding carboxylic acids is 1. The van der Waals surface area contributed by atoms with E-state index in [1.54, 1.807) is 25.1 Å². The third kappa shape index (κ3) is 4.91. The molecule has 0 aliphatic carbocycles. The van der Waals surface area contributed by atoms with E-state index in [0.717, 1.165) is 51.1 Å². The number of fused-ring (bicyclic) bond motifs is 1. The van der Waals surface area contributed by atoms with E-state index in [1.165, 1.54) is 0 Å². The molecule has 0 spiro atoms. The number of rotatable bonds is 4. The summed E-state index contributed by atoms with van der Waals surface area (Å²) in [4.78, 5) is 31.2. The van der Waals surface area contributed by atoms with E-state index in [9.17, 15) is 9.59 Å². The molecule has 1 aromatic heterocycles. The second kappa shape index (κ2) is 9.96. The number of benzene rings is 2. The maximum atomic E-state index is 13.6. The third-order valence-corrected chi connectivity index (χ3v) is 7.32. The third-order valence-electron chi connectivity index (χ3n) is 7.32. The second-order valence-corrected chi connectivity index (χ2v) is 10.1. The van der Waals surface area contributed by atoms with Gasteiger partial charge in [-0.15, -0.1) is 0 Å². The zero-order valence-electron chi connectivity index (χ0n) is 20.8. The van der Waals surface area contributed by atoms with Crippen LogP contribution >= 0.6 is 0 Å². The molecule has 2 aliphatic rings. The maximum absolute atomic E-state index is 13.6. The Morgan fingerprint density at radius 1 is 0.971 bits per heavy atom. The Morgan fingerprint density at radius 3 is 2.34 bits per heavy atom. The number of nitrogens with zero attached hydrogens (tertiary/aromatic N) is 2. The Kier molecular flexibility index (Phi) is 6.76. The van der Waals surface area contributed by atoms with Gasteiger partial charge in [0.25, 0.3) is 5.91 Å². The van der Waals surface area contributed by atoms with Gasteiger partial charge in [0.2, 0.25) is 0 Å². The number of para-hydroxylation sites is 1. The van der Waals surface area contributed by atoms with E-state index in [-0.39, 0.29) is 23.5 Å². The quantitative estimate of drug-likeness (QED) is 0.547. The van der Waals surface area contributed by atoms with Crippen LogP contribution in [0.25, 0.3) is 22.3 Å². The van der Waals surface area contributed by atoms with Crippen LogP contribution in [0.4, 0.5) is 0 Å². The van der Waals surface area contributed by atoms with Gasteiger partial charge in [-0.1, -0.05) is 36.4 Å². The minimum atomic E-state index is -0.0903. The lowest BCUT2D eigenvalue weighted by molar-refractivity contribution is -0.0728. The first kappa shape index (κ1) is 23.8. The summed E-state index contributed by atoms with van der Waals surface area (Å²) in [5.74, 6) is 1.04. The Bertz CT molecular complexity index is 1250. The Balaban J connectivity index is 1.35. The van der Waals surface area contributed by atoms with Crippen molar-refractivity contribution in [3.8, 4) is 11.3 Å². The fourth-order valence-corrected chi connectivity index (χ4v) is 5.63. The average Bonchev–Trinajstić information content (AvgIpc) is 2.86. The van der Waals surface area contributed by atoms with Crippen molar-refractivity contribution in [2.24, 2.45) is 5.92 Å². The molecule has 1 amide bonds. The van der Waals surface area contributed by atoms with Gasteiger partial charge in [-0.25, -0.2) is 0 Å². The minimum absolute atomic E-state index is 0.0614. The summed E-state index contributed by atoms with van der Waals surface area (Å²) in [6.07, 6.45) is 2.50. The van der Waals surface area contributed by atoms with Gasteiger partial charge >= 0.3 is 0 Å². The molecule has 2 atom stereocenters. The molecule has 6 heteroatoms. The number of hydrogen-bond acceptors (Lipinski definition) is 5. The van der Waals surface area contributed by atoms with E-state index in [2.05, 4.69) is 18.7 Å². The molecule has 2 aliphatic heterocycles. The van der Waals surface area contributed by atoms with Crippen LogP contribution in [0.5, 0.6) is 0 Å². The molecular formula is C29H34N2O4. The molecule has 5 rings (SSSR count). The van der Waals surface area contributed by atoms with Gasteiger partial charge in [0.1, 0.15) is 5.76 Å². The number of piperidine rings is 1. The molecule has 2 aromatic carbocycles. The summed E-state index contributed by atoms with van der Waals surface area (Å²) < 4.78 is 12.1. The average molecular weight is 475 g/mol. The van der Waals surface area contributed by atoms with Gasteiger partial charge in [-0.05, 0) is 51.7 Å². The topological polar surface area (TPSA) is 63.0 Å². The Morgan fingerprint density at radius 2 is 1.66 bits per heavy atom. The molecule has 3 aromatic rings. The standard InChI is InChI=1S/C29H34N2O4/c1-19-16-30(17-20(2)34-19)18-22-12-14-31(15-13-22)29(33)25-11-7-10-24-26(32)21(3)27(35-28(24)25)23-8-5-4-6-9-23/h4-11,19-20,22H,12-18H2,1-3H3. The zero-order chi connectivity index (χ0) is 24.5. The van der Waals surface area contributed by atoms with Crippen molar-refractivity contribution in [3.05, 3.63) is 69.9 Å². The Labute approximate surface area is 206 Å². The molecule has 2 unspecified atom stereocenters. The highest BCUT2D eigenvalue weighted by molar-refractivity contribution is 6.05. The smallest absolute Gasteiger partial charge is 0.257 e. The van der Waals surface area contributed by atoms with E-state index < -0.39 is 0 Å². The summed E-state index contributed by atoms with van der Waals surface area (Å²) >= 11 is 0. The van der Waals surface area contributed by atoms with Gasteiger partial charge in [-0.3, -0.25) is 14.5 Å². The second-order valence-electron chi connectivity index (χ2n) is 10.1. The molecule has 0 bridgehead atoms. The predicted molar refractivity (Wildman–Crippen MR) is 138 cm³/mol. The summed E-state index contributed by atoms with van der Waals surface area (Å²) in [6.45, 7) is 10.5. The van der Waals surface area contributed by atoms with Crippen LogP contribution in [0.15, 0.2) is 57.7 Å². The number of hydrogen-bond donors (Lipinski definition) is 0. The van der Waals surface area contributed by atoms with Gasteiger partial charge in [-0.2, -0.15) is 0 Å². The first-order chi connectivity index (χ1) is 16.9. The van der Waals surface area contributed by atoms with E-state index in [4.69, 9.17) is 9.15 Å². The van der Waals surface area contributed by atoms with Crippen LogP contribution in [0.2, 0.25) is 0 Å². The van der Waals surface area contributed by atoms with Gasteiger partial charge in [0.15, 0.2) is 11.0 Å². The van der Waals surface area contributed by atoms with Crippen LogP contribution in [0, 0.1) is 12.8 Å². The highest BCUT2D eigenvalue weighted by Crippen LogP contribution is 2.29. The summed E-state index contributed by atoms with van der Waals surface area (Å²) in [5, 5.41) is 0.457. The predicted octanol–water partition coefficient (Wildman–Crippen LogP) is 4.73. The number of carbonyl (C=O) groups is 1. The van der Waals surface area contributed by atoms with E-state index >= 15 is 0 Å². The number of ether oxygens (including phenoxy) is 1. The summed E-state index contributed by atoms with van der Waals surface area (Å²) in [6, 6.07) is 14.9. The van der Waals surface area contributed by atoms with Crippen molar-refractivity contribution in [1.82, 2.24) is 9.80 Å². The van der Waals surface area contributed by atoms with Gasteiger partial charge < -0.3 is 14.1 Å². The van der Waals surface area contributed by atoms with Crippen molar-refractivity contribution in [1.29, 1.82) is 0 Å².